The summed E-state index contributed by atoms with van der Waals surface area (Å²) < 4.78 is 13.5. The molecule has 3 N–H and O–H groups in total. The van der Waals surface area contributed by atoms with Crippen LogP contribution in [0, 0.1) is 5.82 Å². The van der Waals surface area contributed by atoms with E-state index in [1.165, 1.54) is 18.2 Å². The van der Waals surface area contributed by atoms with Crippen molar-refractivity contribution in [3.05, 3.63) is 29.6 Å². The standard InChI is InChI=1S/C15H22FN3O2/c1-15(2,3)19-12(20)8-9-18-14(21)10-6-5-7-11(16)13(10)17-4/h5-7,17H,8-9H2,1-4H3,(H,18,21)(H,19,20). The second kappa shape index (κ2) is 7.06. The van der Waals surface area contributed by atoms with Gasteiger partial charge in [-0.05, 0) is 32.9 Å². The number of benzene rings is 1. The Morgan fingerprint density at radius 2 is 1.90 bits per heavy atom. The lowest BCUT2D eigenvalue weighted by Gasteiger charge is -2.20. The summed E-state index contributed by atoms with van der Waals surface area (Å²) in [7, 11) is 1.55. The van der Waals surface area contributed by atoms with E-state index in [1.54, 1.807) is 7.05 Å². The highest BCUT2D eigenvalue weighted by Gasteiger charge is 2.16. The zero-order valence-electron chi connectivity index (χ0n) is 12.8. The van der Waals surface area contributed by atoms with Crippen LogP contribution in [0.4, 0.5) is 10.1 Å². The van der Waals surface area contributed by atoms with Gasteiger partial charge in [-0.3, -0.25) is 9.59 Å². The Hall–Kier alpha value is -2.11. The Labute approximate surface area is 124 Å². The van der Waals surface area contributed by atoms with Gasteiger partial charge in [-0.2, -0.15) is 0 Å². The zero-order chi connectivity index (χ0) is 16.0. The van der Waals surface area contributed by atoms with Gasteiger partial charge in [0, 0.05) is 25.6 Å². The predicted octanol–water partition coefficient (Wildman–Crippen LogP) is 1.90. The molecule has 6 heteroatoms. The molecule has 0 saturated heterocycles. The highest BCUT2D eigenvalue weighted by Crippen LogP contribution is 2.18. The number of hydrogen-bond donors (Lipinski definition) is 3. The summed E-state index contributed by atoms with van der Waals surface area (Å²) in [5, 5.41) is 8.07. The smallest absolute Gasteiger partial charge is 0.253 e. The molecule has 2 amide bonds. The van der Waals surface area contributed by atoms with Gasteiger partial charge >= 0.3 is 0 Å². The van der Waals surface area contributed by atoms with E-state index in [0.29, 0.717) is 0 Å². The van der Waals surface area contributed by atoms with Gasteiger partial charge in [0.1, 0.15) is 5.82 Å². The van der Waals surface area contributed by atoms with Crippen molar-refractivity contribution >= 4 is 17.5 Å². The first kappa shape index (κ1) is 16.9. The third-order valence-corrected chi connectivity index (χ3v) is 2.66. The first-order valence-corrected chi connectivity index (χ1v) is 6.80. The van der Waals surface area contributed by atoms with Crippen LogP contribution in [-0.4, -0.2) is 30.9 Å². The summed E-state index contributed by atoms with van der Waals surface area (Å²) in [6.45, 7) is 5.85. The zero-order valence-corrected chi connectivity index (χ0v) is 12.8. The van der Waals surface area contributed by atoms with Gasteiger partial charge in [0.05, 0.1) is 11.3 Å². The molecule has 0 aliphatic heterocycles. The van der Waals surface area contributed by atoms with Crippen molar-refractivity contribution in [2.24, 2.45) is 0 Å². The largest absolute Gasteiger partial charge is 0.385 e. The number of nitrogens with one attached hydrogen (secondary N) is 3. The molecule has 0 aliphatic carbocycles. The van der Waals surface area contributed by atoms with E-state index in [4.69, 9.17) is 0 Å². The number of hydrogen-bond acceptors (Lipinski definition) is 3. The minimum Gasteiger partial charge on any atom is -0.385 e. The Bertz CT molecular complexity index is 524. The van der Waals surface area contributed by atoms with Crippen LogP contribution in [0.3, 0.4) is 0 Å². The number of halogens is 1. The molecule has 0 aliphatic rings. The minimum absolute atomic E-state index is 0.143. The van der Waals surface area contributed by atoms with Gasteiger partial charge < -0.3 is 16.0 Å². The molecule has 0 aromatic heterocycles. The number of rotatable bonds is 5. The second-order valence-electron chi connectivity index (χ2n) is 5.72. The molecule has 0 heterocycles. The average Bonchev–Trinajstić information content (AvgIpc) is 2.36. The molecule has 5 nitrogen and oxygen atoms in total. The maximum absolute atomic E-state index is 13.5. The van der Waals surface area contributed by atoms with E-state index >= 15 is 0 Å². The van der Waals surface area contributed by atoms with Crippen LogP contribution in [-0.2, 0) is 4.79 Å². The van der Waals surface area contributed by atoms with Crippen molar-refractivity contribution in [2.75, 3.05) is 18.9 Å². The van der Waals surface area contributed by atoms with Crippen LogP contribution in [0.1, 0.15) is 37.6 Å². The van der Waals surface area contributed by atoms with E-state index < -0.39 is 11.7 Å². The van der Waals surface area contributed by atoms with Crippen molar-refractivity contribution in [2.45, 2.75) is 32.7 Å². The lowest BCUT2D eigenvalue weighted by molar-refractivity contribution is -0.122. The van der Waals surface area contributed by atoms with E-state index in [-0.39, 0.29) is 35.7 Å². The summed E-state index contributed by atoms with van der Waals surface area (Å²) in [6.07, 6.45) is 0.174. The molecule has 0 radical (unpaired) electrons. The molecule has 0 spiro atoms. The summed E-state index contributed by atoms with van der Waals surface area (Å²) >= 11 is 0. The molecule has 0 unspecified atom stereocenters. The van der Waals surface area contributed by atoms with Crippen LogP contribution in [0.2, 0.25) is 0 Å². The molecule has 1 aromatic carbocycles. The highest BCUT2D eigenvalue weighted by atomic mass is 19.1. The maximum Gasteiger partial charge on any atom is 0.253 e. The number of carbonyl (C=O) groups is 2. The average molecular weight is 295 g/mol. The molecule has 0 atom stereocenters. The second-order valence-corrected chi connectivity index (χ2v) is 5.72. The third-order valence-electron chi connectivity index (χ3n) is 2.66. The van der Waals surface area contributed by atoms with Crippen LogP contribution >= 0.6 is 0 Å². The van der Waals surface area contributed by atoms with Crippen molar-refractivity contribution in [3.63, 3.8) is 0 Å². The summed E-state index contributed by atoms with van der Waals surface area (Å²) in [4.78, 5) is 23.6. The summed E-state index contributed by atoms with van der Waals surface area (Å²) in [6, 6.07) is 4.27. The van der Waals surface area contributed by atoms with Crippen molar-refractivity contribution in [1.29, 1.82) is 0 Å². The summed E-state index contributed by atoms with van der Waals surface area (Å²) in [5.74, 6) is -1.05. The molecule has 1 aromatic rings. The molecular formula is C15H22FN3O2. The van der Waals surface area contributed by atoms with E-state index in [2.05, 4.69) is 16.0 Å². The lowest BCUT2D eigenvalue weighted by atomic mass is 10.1. The van der Waals surface area contributed by atoms with Crippen LogP contribution in [0.5, 0.6) is 0 Å². The monoisotopic (exact) mass is 295 g/mol. The molecule has 21 heavy (non-hydrogen) atoms. The third kappa shape index (κ3) is 5.41. The quantitative estimate of drug-likeness (QED) is 0.777. The molecule has 0 saturated carbocycles. The van der Waals surface area contributed by atoms with Gasteiger partial charge in [0.2, 0.25) is 5.91 Å². The highest BCUT2D eigenvalue weighted by molar-refractivity contribution is 5.99. The van der Waals surface area contributed by atoms with Gasteiger partial charge in [0.25, 0.3) is 5.91 Å². The van der Waals surface area contributed by atoms with E-state index in [9.17, 15) is 14.0 Å². The van der Waals surface area contributed by atoms with Crippen LogP contribution in [0.25, 0.3) is 0 Å². The Morgan fingerprint density at radius 3 is 2.48 bits per heavy atom. The first-order chi connectivity index (χ1) is 9.74. The summed E-state index contributed by atoms with van der Waals surface area (Å²) in [5.41, 5.74) is 0.0611. The fourth-order valence-corrected chi connectivity index (χ4v) is 1.83. The normalized spacial score (nSPS) is 10.9. The number of para-hydroxylation sites is 1. The number of amides is 2. The van der Waals surface area contributed by atoms with Crippen molar-refractivity contribution < 1.29 is 14.0 Å². The van der Waals surface area contributed by atoms with Gasteiger partial charge in [0.15, 0.2) is 0 Å². The van der Waals surface area contributed by atoms with Crippen molar-refractivity contribution in [1.82, 2.24) is 10.6 Å². The van der Waals surface area contributed by atoms with Crippen molar-refractivity contribution in [3.8, 4) is 0 Å². The maximum atomic E-state index is 13.5. The van der Waals surface area contributed by atoms with E-state index in [0.717, 1.165) is 0 Å². The minimum atomic E-state index is -0.490. The van der Waals surface area contributed by atoms with Crippen LogP contribution in [0.15, 0.2) is 18.2 Å². The fraction of sp³-hybridized carbons (Fsp3) is 0.467. The molecule has 116 valence electrons. The Morgan fingerprint density at radius 1 is 1.24 bits per heavy atom. The number of carbonyl (C=O) groups excluding carboxylic acids is 2. The molecule has 1 rings (SSSR count). The SMILES string of the molecule is CNc1c(F)cccc1C(=O)NCCC(=O)NC(C)(C)C. The van der Waals surface area contributed by atoms with Gasteiger partial charge in [-0.25, -0.2) is 4.39 Å². The number of anilines is 1. The molecular weight excluding hydrogens is 273 g/mol. The Balaban J connectivity index is 2.56. The fourth-order valence-electron chi connectivity index (χ4n) is 1.83. The Kier molecular flexibility index (Phi) is 5.69. The molecule has 0 bridgehead atoms. The van der Waals surface area contributed by atoms with E-state index in [1.807, 2.05) is 20.8 Å². The van der Waals surface area contributed by atoms with Gasteiger partial charge in [-0.15, -0.1) is 0 Å². The first-order valence-electron chi connectivity index (χ1n) is 6.80. The lowest BCUT2D eigenvalue weighted by Crippen LogP contribution is -2.42. The van der Waals surface area contributed by atoms with Crippen LogP contribution < -0.4 is 16.0 Å². The predicted molar refractivity (Wildman–Crippen MR) is 80.8 cm³/mol. The molecule has 0 fully saturated rings. The topological polar surface area (TPSA) is 70.2 Å². The van der Waals surface area contributed by atoms with Gasteiger partial charge in [-0.1, -0.05) is 6.07 Å².